The SMILES string of the molecule is C=CCC1OC(C)CCC1OC.CC(C)(O)O. The summed E-state index contributed by atoms with van der Waals surface area (Å²) in [6.45, 7) is 8.42. The number of hydrogen-bond donors (Lipinski definition) is 2. The molecule has 2 N–H and O–H groups in total. The van der Waals surface area contributed by atoms with Crippen LogP contribution < -0.4 is 0 Å². The summed E-state index contributed by atoms with van der Waals surface area (Å²) in [7, 11) is 1.75. The van der Waals surface area contributed by atoms with E-state index in [1.807, 2.05) is 6.08 Å². The second kappa shape index (κ2) is 7.82. The highest BCUT2D eigenvalue weighted by atomic mass is 16.5. The van der Waals surface area contributed by atoms with Gasteiger partial charge in [-0.1, -0.05) is 6.08 Å². The van der Waals surface area contributed by atoms with Crippen molar-refractivity contribution in [2.75, 3.05) is 7.11 Å². The van der Waals surface area contributed by atoms with E-state index in [2.05, 4.69) is 13.5 Å². The topological polar surface area (TPSA) is 58.9 Å². The normalized spacial score (nSPS) is 29.2. The van der Waals surface area contributed by atoms with E-state index in [4.69, 9.17) is 19.7 Å². The molecule has 17 heavy (non-hydrogen) atoms. The average Bonchev–Trinajstić information content (AvgIpc) is 2.16. The van der Waals surface area contributed by atoms with Crippen LogP contribution in [0.2, 0.25) is 0 Å². The molecule has 4 heteroatoms. The predicted molar refractivity (Wildman–Crippen MR) is 67.7 cm³/mol. The van der Waals surface area contributed by atoms with Crippen molar-refractivity contribution in [3.63, 3.8) is 0 Å². The van der Waals surface area contributed by atoms with Crippen molar-refractivity contribution in [2.45, 2.75) is 64.1 Å². The summed E-state index contributed by atoms with van der Waals surface area (Å²) >= 11 is 0. The Morgan fingerprint density at radius 1 is 1.41 bits per heavy atom. The molecule has 0 saturated carbocycles. The van der Waals surface area contributed by atoms with Gasteiger partial charge in [-0.25, -0.2) is 0 Å². The van der Waals surface area contributed by atoms with E-state index in [-0.39, 0.29) is 12.2 Å². The molecule has 1 aliphatic heterocycles. The first kappa shape index (κ1) is 16.6. The average molecular weight is 246 g/mol. The van der Waals surface area contributed by atoms with Crippen LogP contribution in [0.4, 0.5) is 0 Å². The third-order valence-electron chi connectivity index (χ3n) is 2.38. The van der Waals surface area contributed by atoms with Gasteiger partial charge in [0.1, 0.15) is 0 Å². The van der Waals surface area contributed by atoms with E-state index in [0.717, 1.165) is 19.3 Å². The summed E-state index contributed by atoms with van der Waals surface area (Å²) in [6, 6.07) is 0. The Labute approximate surface area is 104 Å². The zero-order valence-corrected chi connectivity index (χ0v) is 11.3. The van der Waals surface area contributed by atoms with Crippen molar-refractivity contribution in [3.05, 3.63) is 12.7 Å². The molecule has 0 amide bonds. The molecule has 0 aromatic heterocycles. The largest absolute Gasteiger partial charge is 0.379 e. The highest BCUT2D eigenvalue weighted by Crippen LogP contribution is 2.23. The fourth-order valence-electron chi connectivity index (χ4n) is 1.68. The van der Waals surface area contributed by atoms with E-state index >= 15 is 0 Å². The lowest BCUT2D eigenvalue weighted by Crippen LogP contribution is -2.38. The lowest BCUT2D eigenvalue weighted by atomic mass is 9.99. The molecule has 0 bridgehead atoms. The van der Waals surface area contributed by atoms with Gasteiger partial charge in [0.15, 0.2) is 5.79 Å². The van der Waals surface area contributed by atoms with Crippen molar-refractivity contribution in [1.29, 1.82) is 0 Å². The summed E-state index contributed by atoms with van der Waals surface area (Å²) in [5.74, 6) is -1.50. The standard InChI is InChI=1S/C10H18O2.C3H8O2/c1-4-5-10-9(11-3)7-6-8(2)12-10;1-3(2,4)5/h4,8-10H,1,5-7H2,2-3H3;4-5H,1-2H3. The van der Waals surface area contributed by atoms with Gasteiger partial charge in [0.2, 0.25) is 0 Å². The third kappa shape index (κ3) is 9.30. The maximum absolute atomic E-state index is 8.08. The van der Waals surface area contributed by atoms with Crippen molar-refractivity contribution in [3.8, 4) is 0 Å². The number of hydrogen-bond acceptors (Lipinski definition) is 4. The Hall–Kier alpha value is -0.420. The van der Waals surface area contributed by atoms with Crippen LogP contribution in [0.1, 0.15) is 40.0 Å². The highest BCUT2D eigenvalue weighted by molar-refractivity contribution is 4.83. The Balaban J connectivity index is 0.000000437. The molecule has 3 unspecified atom stereocenters. The molecular formula is C13H26O4. The van der Waals surface area contributed by atoms with Crippen molar-refractivity contribution < 1.29 is 19.7 Å². The van der Waals surface area contributed by atoms with Crippen LogP contribution in [0.3, 0.4) is 0 Å². The van der Waals surface area contributed by atoms with Crippen LogP contribution in [0, 0.1) is 0 Å². The molecule has 1 saturated heterocycles. The molecule has 0 spiro atoms. The Morgan fingerprint density at radius 2 is 1.94 bits per heavy atom. The van der Waals surface area contributed by atoms with Crippen molar-refractivity contribution in [2.24, 2.45) is 0 Å². The lowest BCUT2D eigenvalue weighted by Gasteiger charge is -2.33. The lowest BCUT2D eigenvalue weighted by molar-refractivity contribution is -0.127. The summed E-state index contributed by atoms with van der Waals surface area (Å²) in [6.07, 6.45) is 5.86. The zero-order chi connectivity index (χ0) is 13.5. The maximum atomic E-state index is 8.08. The van der Waals surface area contributed by atoms with Crippen molar-refractivity contribution >= 4 is 0 Å². The van der Waals surface area contributed by atoms with E-state index in [1.54, 1.807) is 7.11 Å². The van der Waals surface area contributed by atoms with Crippen LogP contribution in [0.15, 0.2) is 12.7 Å². The van der Waals surface area contributed by atoms with Crippen molar-refractivity contribution in [1.82, 2.24) is 0 Å². The van der Waals surface area contributed by atoms with E-state index in [0.29, 0.717) is 6.10 Å². The monoisotopic (exact) mass is 246 g/mol. The van der Waals surface area contributed by atoms with Crippen LogP contribution in [-0.2, 0) is 9.47 Å². The summed E-state index contributed by atoms with van der Waals surface area (Å²) in [4.78, 5) is 0. The molecule has 1 rings (SSSR count). The van der Waals surface area contributed by atoms with Crippen LogP contribution in [0.25, 0.3) is 0 Å². The van der Waals surface area contributed by atoms with E-state index in [1.165, 1.54) is 13.8 Å². The van der Waals surface area contributed by atoms with Gasteiger partial charge in [0, 0.05) is 7.11 Å². The van der Waals surface area contributed by atoms with Gasteiger partial charge < -0.3 is 19.7 Å². The first-order chi connectivity index (χ1) is 7.77. The number of methoxy groups -OCH3 is 1. The molecule has 4 nitrogen and oxygen atoms in total. The van der Waals surface area contributed by atoms with Crippen LogP contribution in [0.5, 0.6) is 0 Å². The minimum atomic E-state index is -1.50. The Kier molecular flexibility index (Phi) is 7.63. The Morgan fingerprint density at radius 3 is 2.35 bits per heavy atom. The smallest absolute Gasteiger partial charge is 0.156 e. The molecule has 1 aliphatic rings. The highest BCUT2D eigenvalue weighted by Gasteiger charge is 2.27. The third-order valence-corrected chi connectivity index (χ3v) is 2.38. The molecule has 0 aliphatic carbocycles. The van der Waals surface area contributed by atoms with Gasteiger partial charge in [-0.05, 0) is 40.0 Å². The maximum Gasteiger partial charge on any atom is 0.156 e. The molecule has 102 valence electrons. The molecule has 0 aromatic carbocycles. The van der Waals surface area contributed by atoms with E-state index in [9.17, 15) is 0 Å². The van der Waals surface area contributed by atoms with Gasteiger partial charge in [-0.2, -0.15) is 0 Å². The fourth-order valence-corrected chi connectivity index (χ4v) is 1.68. The summed E-state index contributed by atoms with van der Waals surface area (Å²) in [5, 5.41) is 16.2. The fraction of sp³-hybridized carbons (Fsp3) is 0.846. The second-order valence-corrected chi connectivity index (χ2v) is 4.86. The molecule has 1 heterocycles. The van der Waals surface area contributed by atoms with Gasteiger partial charge in [-0.15, -0.1) is 6.58 Å². The molecule has 3 atom stereocenters. The molecule has 0 radical (unpaired) electrons. The van der Waals surface area contributed by atoms with Crippen LogP contribution in [-0.4, -0.2) is 41.4 Å². The minimum Gasteiger partial charge on any atom is -0.379 e. The molecule has 1 fully saturated rings. The molecular weight excluding hydrogens is 220 g/mol. The number of rotatable bonds is 3. The van der Waals surface area contributed by atoms with E-state index < -0.39 is 5.79 Å². The minimum absolute atomic E-state index is 0.219. The van der Waals surface area contributed by atoms with Gasteiger partial charge in [-0.3, -0.25) is 0 Å². The van der Waals surface area contributed by atoms with Gasteiger partial charge >= 0.3 is 0 Å². The number of ether oxygens (including phenoxy) is 2. The zero-order valence-electron chi connectivity index (χ0n) is 11.3. The van der Waals surface area contributed by atoms with Crippen LogP contribution >= 0.6 is 0 Å². The Bertz CT molecular complexity index is 204. The first-order valence-electron chi connectivity index (χ1n) is 6.01. The quantitative estimate of drug-likeness (QED) is 0.589. The summed E-state index contributed by atoms with van der Waals surface area (Å²) < 4.78 is 11.1. The van der Waals surface area contributed by atoms with Gasteiger partial charge in [0.05, 0.1) is 18.3 Å². The first-order valence-corrected chi connectivity index (χ1v) is 6.01. The predicted octanol–water partition coefficient (Wildman–Crippen LogP) is 1.85. The van der Waals surface area contributed by atoms with Gasteiger partial charge in [0.25, 0.3) is 0 Å². The summed E-state index contributed by atoms with van der Waals surface area (Å²) in [5.41, 5.74) is 0. The second-order valence-electron chi connectivity index (χ2n) is 4.86. The number of aliphatic hydroxyl groups is 2. The molecule has 0 aromatic rings.